The fourth-order valence-corrected chi connectivity index (χ4v) is 1.66. The Labute approximate surface area is 86.3 Å². The molecule has 0 bridgehead atoms. The molecule has 1 aliphatic heterocycles. The van der Waals surface area contributed by atoms with Crippen LogP contribution in [0.3, 0.4) is 0 Å². The van der Waals surface area contributed by atoms with Gasteiger partial charge in [-0.15, -0.1) is 6.42 Å². The first-order valence-electron chi connectivity index (χ1n) is 4.92. The second-order valence-electron chi connectivity index (χ2n) is 4.14. The summed E-state index contributed by atoms with van der Waals surface area (Å²) in [6.45, 7) is 8.45. The Morgan fingerprint density at radius 3 is 2.29 bits per heavy atom. The van der Waals surface area contributed by atoms with E-state index >= 15 is 0 Å². The molecule has 0 unspecified atom stereocenters. The maximum Gasteiger partial charge on any atom is 0.103 e. The van der Waals surface area contributed by atoms with Crippen LogP contribution < -0.4 is 0 Å². The van der Waals surface area contributed by atoms with Crippen molar-refractivity contribution in [2.45, 2.75) is 19.4 Å². The largest absolute Gasteiger partial charge is 0.290 e. The number of rotatable bonds is 2. The van der Waals surface area contributed by atoms with Crippen molar-refractivity contribution >= 4 is 0 Å². The summed E-state index contributed by atoms with van der Waals surface area (Å²) in [5, 5.41) is 8.98. The van der Waals surface area contributed by atoms with Crippen molar-refractivity contribution in [2.75, 3.05) is 32.7 Å². The lowest BCUT2D eigenvalue weighted by Crippen LogP contribution is -2.54. The molecule has 1 saturated heterocycles. The van der Waals surface area contributed by atoms with E-state index in [0.29, 0.717) is 0 Å². The molecule has 3 heteroatoms. The predicted octanol–water partition coefficient (Wildman–Crippen LogP) is 0.539. The van der Waals surface area contributed by atoms with E-state index in [9.17, 15) is 0 Å². The zero-order valence-corrected chi connectivity index (χ0v) is 8.95. The Morgan fingerprint density at radius 1 is 1.29 bits per heavy atom. The van der Waals surface area contributed by atoms with Crippen molar-refractivity contribution in [1.82, 2.24) is 9.80 Å². The van der Waals surface area contributed by atoms with Gasteiger partial charge in [0.15, 0.2) is 0 Å². The van der Waals surface area contributed by atoms with Crippen LogP contribution in [-0.4, -0.2) is 48.1 Å². The molecule has 0 aromatic carbocycles. The molecule has 0 amide bonds. The average Bonchev–Trinajstić information content (AvgIpc) is 2.19. The molecule has 14 heavy (non-hydrogen) atoms. The monoisotopic (exact) mass is 191 g/mol. The Hall–Kier alpha value is -1.03. The van der Waals surface area contributed by atoms with E-state index in [1.807, 2.05) is 13.8 Å². The van der Waals surface area contributed by atoms with Crippen LogP contribution in [0.5, 0.6) is 0 Å². The number of terminal acetylenes is 1. The van der Waals surface area contributed by atoms with Crippen molar-refractivity contribution in [3.8, 4) is 18.4 Å². The SMILES string of the molecule is C#CCN1CCN(C(C)(C)C#N)CC1. The third-order valence-electron chi connectivity index (χ3n) is 2.75. The highest BCUT2D eigenvalue weighted by Gasteiger charge is 2.29. The Morgan fingerprint density at radius 2 is 1.86 bits per heavy atom. The summed E-state index contributed by atoms with van der Waals surface area (Å²) in [6, 6.07) is 2.32. The van der Waals surface area contributed by atoms with Gasteiger partial charge in [-0.2, -0.15) is 5.26 Å². The maximum absolute atomic E-state index is 8.98. The minimum atomic E-state index is -0.345. The summed E-state index contributed by atoms with van der Waals surface area (Å²) < 4.78 is 0. The van der Waals surface area contributed by atoms with E-state index in [1.54, 1.807) is 0 Å². The van der Waals surface area contributed by atoms with E-state index in [0.717, 1.165) is 32.7 Å². The summed E-state index contributed by atoms with van der Waals surface area (Å²) in [6.07, 6.45) is 5.25. The first kappa shape index (κ1) is 11.0. The van der Waals surface area contributed by atoms with Gasteiger partial charge in [-0.1, -0.05) is 5.92 Å². The van der Waals surface area contributed by atoms with Crippen molar-refractivity contribution in [2.24, 2.45) is 0 Å². The van der Waals surface area contributed by atoms with Crippen LogP contribution in [0.2, 0.25) is 0 Å². The topological polar surface area (TPSA) is 30.3 Å². The van der Waals surface area contributed by atoms with Gasteiger partial charge >= 0.3 is 0 Å². The van der Waals surface area contributed by atoms with Crippen molar-refractivity contribution in [3.63, 3.8) is 0 Å². The van der Waals surface area contributed by atoms with Gasteiger partial charge in [0, 0.05) is 26.2 Å². The summed E-state index contributed by atoms with van der Waals surface area (Å²) in [7, 11) is 0. The smallest absolute Gasteiger partial charge is 0.103 e. The van der Waals surface area contributed by atoms with E-state index in [4.69, 9.17) is 11.7 Å². The molecule has 0 radical (unpaired) electrons. The fourth-order valence-electron chi connectivity index (χ4n) is 1.66. The third-order valence-corrected chi connectivity index (χ3v) is 2.75. The summed E-state index contributed by atoms with van der Waals surface area (Å²) in [4.78, 5) is 4.45. The zero-order valence-electron chi connectivity index (χ0n) is 8.95. The van der Waals surface area contributed by atoms with Gasteiger partial charge in [0.2, 0.25) is 0 Å². The molecule has 0 N–H and O–H groups in total. The van der Waals surface area contributed by atoms with Crippen LogP contribution in [0.1, 0.15) is 13.8 Å². The molecule has 1 heterocycles. The van der Waals surface area contributed by atoms with Gasteiger partial charge in [0.25, 0.3) is 0 Å². The molecule has 1 rings (SSSR count). The summed E-state index contributed by atoms with van der Waals surface area (Å²) in [5.74, 6) is 2.65. The van der Waals surface area contributed by atoms with Gasteiger partial charge < -0.3 is 0 Å². The van der Waals surface area contributed by atoms with Gasteiger partial charge in [-0.25, -0.2) is 0 Å². The Kier molecular flexibility index (Phi) is 3.52. The predicted molar refractivity (Wildman–Crippen MR) is 56.5 cm³/mol. The second kappa shape index (κ2) is 4.46. The average molecular weight is 191 g/mol. The highest BCUT2D eigenvalue weighted by Crippen LogP contribution is 2.15. The Bertz CT molecular complexity index is 261. The highest BCUT2D eigenvalue weighted by molar-refractivity contribution is 5.03. The molecule has 0 aromatic rings. The molecule has 1 fully saturated rings. The molecule has 0 aliphatic carbocycles. The maximum atomic E-state index is 8.98. The second-order valence-corrected chi connectivity index (χ2v) is 4.14. The number of hydrogen-bond acceptors (Lipinski definition) is 3. The molecule has 0 saturated carbocycles. The normalized spacial score (nSPS) is 20.0. The van der Waals surface area contributed by atoms with Crippen LogP contribution in [0.15, 0.2) is 0 Å². The molecular weight excluding hydrogens is 174 g/mol. The molecular formula is C11H17N3. The molecule has 0 spiro atoms. The van der Waals surface area contributed by atoms with E-state index < -0.39 is 0 Å². The first-order valence-corrected chi connectivity index (χ1v) is 4.92. The lowest BCUT2D eigenvalue weighted by atomic mass is 10.0. The summed E-state index contributed by atoms with van der Waals surface area (Å²) >= 11 is 0. The standard InChI is InChI=1S/C11H17N3/c1-4-5-13-6-8-14(9-7-13)11(2,3)10-12/h1H,5-9H2,2-3H3. The van der Waals surface area contributed by atoms with E-state index in [2.05, 4.69) is 21.8 Å². The zero-order chi connectivity index (χ0) is 10.6. The number of hydrogen-bond donors (Lipinski definition) is 0. The van der Waals surface area contributed by atoms with Crippen LogP contribution in [0, 0.1) is 23.7 Å². The fraction of sp³-hybridized carbons (Fsp3) is 0.727. The van der Waals surface area contributed by atoms with Gasteiger partial charge in [0.1, 0.15) is 5.54 Å². The molecule has 0 atom stereocenters. The molecule has 76 valence electrons. The van der Waals surface area contributed by atoms with Crippen molar-refractivity contribution < 1.29 is 0 Å². The minimum absolute atomic E-state index is 0.345. The van der Waals surface area contributed by atoms with Crippen LogP contribution >= 0.6 is 0 Å². The van der Waals surface area contributed by atoms with E-state index in [-0.39, 0.29) is 5.54 Å². The Balaban J connectivity index is 2.45. The van der Waals surface area contributed by atoms with Gasteiger partial charge in [-0.05, 0) is 13.8 Å². The van der Waals surface area contributed by atoms with Crippen LogP contribution in [-0.2, 0) is 0 Å². The third kappa shape index (κ3) is 2.48. The lowest BCUT2D eigenvalue weighted by Gasteiger charge is -2.39. The summed E-state index contributed by atoms with van der Waals surface area (Å²) in [5.41, 5.74) is -0.345. The van der Waals surface area contributed by atoms with E-state index in [1.165, 1.54) is 0 Å². The first-order chi connectivity index (χ1) is 6.60. The number of nitrogens with zero attached hydrogens (tertiary/aromatic N) is 3. The van der Waals surface area contributed by atoms with Gasteiger partial charge in [0.05, 0.1) is 12.6 Å². The molecule has 0 aromatic heterocycles. The minimum Gasteiger partial charge on any atom is -0.290 e. The van der Waals surface area contributed by atoms with Crippen molar-refractivity contribution in [3.05, 3.63) is 0 Å². The van der Waals surface area contributed by atoms with Gasteiger partial charge in [-0.3, -0.25) is 9.80 Å². The quantitative estimate of drug-likeness (QED) is 0.597. The number of piperazine rings is 1. The van der Waals surface area contributed by atoms with Crippen LogP contribution in [0.4, 0.5) is 0 Å². The van der Waals surface area contributed by atoms with Crippen LogP contribution in [0.25, 0.3) is 0 Å². The number of nitriles is 1. The lowest BCUT2D eigenvalue weighted by molar-refractivity contribution is 0.0873. The molecule has 1 aliphatic rings. The highest BCUT2D eigenvalue weighted by atomic mass is 15.3. The molecule has 3 nitrogen and oxygen atoms in total. The van der Waals surface area contributed by atoms with Crippen molar-refractivity contribution in [1.29, 1.82) is 5.26 Å².